The molecule has 4 nitrogen and oxygen atoms in total. The van der Waals surface area contributed by atoms with Crippen LogP contribution in [0.1, 0.15) is 18.1 Å². The second-order valence-corrected chi connectivity index (χ2v) is 5.27. The zero-order valence-corrected chi connectivity index (χ0v) is 13.7. The van der Waals surface area contributed by atoms with Gasteiger partial charge in [0.2, 0.25) is 5.91 Å². The smallest absolute Gasteiger partial charge is 0.224 e. The van der Waals surface area contributed by atoms with Crippen LogP contribution in [-0.4, -0.2) is 25.7 Å². The first-order valence-electron chi connectivity index (χ1n) is 7.85. The molecule has 0 saturated carbocycles. The van der Waals surface area contributed by atoms with Crippen LogP contribution in [-0.2, 0) is 11.2 Å². The molecule has 0 fully saturated rings. The van der Waals surface area contributed by atoms with Crippen molar-refractivity contribution in [3.8, 4) is 11.5 Å². The van der Waals surface area contributed by atoms with E-state index in [1.165, 1.54) is 5.56 Å². The highest BCUT2D eigenvalue weighted by atomic mass is 16.5. The summed E-state index contributed by atoms with van der Waals surface area (Å²) in [6.07, 6.45) is 0.358. The Labute approximate surface area is 137 Å². The molecule has 1 amide bonds. The summed E-state index contributed by atoms with van der Waals surface area (Å²) in [5, 5.41) is 2.86. The van der Waals surface area contributed by atoms with Gasteiger partial charge in [-0.15, -0.1) is 0 Å². The van der Waals surface area contributed by atoms with Gasteiger partial charge in [-0.1, -0.05) is 29.8 Å². The monoisotopic (exact) mass is 313 g/mol. The normalized spacial score (nSPS) is 10.2. The van der Waals surface area contributed by atoms with Gasteiger partial charge in [0.25, 0.3) is 0 Å². The maximum Gasteiger partial charge on any atom is 0.224 e. The molecule has 0 spiro atoms. The Morgan fingerprint density at radius 1 is 0.957 bits per heavy atom. The molecule has 2 aromatic rings. The first-order chi connectivity index (χ1) is 11.2. The molecule has 0 aliphatic rings. The summed E-state index contributed by atoms with van der Waals surface area (Å²) in [6, 6.07) is 15.4. The largest absolute Gasteiger partial charge is 0.494 e. The summed E-state index contributed by atoms with van der Waals surface area (Å²) < 4.78 is 11.0. The molecule has 0 saturated heterocycles. The molecule has 0 heterocycles. The molecule has 2 aromatic carbocycles. The molecule has 2 rings (SSSR count). The van der Waals surface area contributed by atoms with E-state index in [4.69, 9.17) is 9.47 Å². The first-order valence-corrected chi connectivity index (χ1v) is 7.85. The number of carbonyl (C=O) groups excluding carboxylic acids is 1. The highest BCUT2D eigenvalue weighted by molar-refractivity contribution is 5.78. The minimum atomic E-state index is -0.0123. The number of ether oxygens (including phenoxy) is 2. The van der Waals surface area contributed by atoms with Gasteiger partial charge in [0.1, 0.15) is 18.1 Å². The number of carbonyl (C=O) groups is 1. The Morgan fingerprint density at radius 3 is 2.22 bits per heavy atom. The van der Waals surface area contributed by atoms with E-state index in [-0.39, 0.29) is 5.91 Å². The lowest BCUT2D eigenvalue weighted by Gasteiger charge is -2.08. The summed E-state index contributed by atoms with van der Waals surface area (Å²) in [5.74, 6) is 1.63. The van der Waals surface area contributed by atoms with Gasteiger partial charge in [-0.3, -0.25) is 4.79 Å². The predicted molar refractivity (Wildman–Crippen MR) is 91.0 cm³/mol. The third-order valence-electron chi connectivity index (χ3n) is 3.31. The molecule has 0 aliphatic heterocycles. The first kappa shape index (κ1) is 16.9. The van der Waals surface area contributed by atoms with Crippen molar-refractivity contribution in [1.29, 1.82) is 0 Å². The lowest BCUT2D eigenvalue weighted by molar-refractivity contribution is -0.120. The summed E-state index contributed by atoms with van der Waals surface area (Å²) >= 11 is 0. The Hall–Kier alpha value is -2.49. The molecule has 0 bridgehead atoms. The third-order valence-corrected chi connectivity index (χ3v) is 3.31. The second kappa shape index (κ2) is 8.83. The van der Waals surface area contributed by atoms with E-state index >= 15 is 0 Å². The zero-order valence-electron chi connectivity index (χ0n) is 13.7. The van der Waals surface area contributed by atoms with Gasteiger partial charge in [0.05, 0.1) is 19.6 Å². The van der Waals surface area contributed by atoms with E-state index in [2.05, 4.69) is 5.32 Å². The molecule has 0 aliphatic carbocycles. The average Bonchev–Trinajstić information content (AvgIpc) is 2.55. The quantitative estimate of drug-likeness (QED) is 0.762. The van der Waals surface area contributed by atoms with Crippen LogP contribution in [0.25, 0.3) is 0 Å². The van der Waals surface area contributed by atoms with Crippen LogP contribution >= 0.6 is 0 Å². The van der Waals surface area contributed by atoms with E-state index in [9.17, 15) is 4.79 Å². The Kier molecular flexibility index (Phi) is 6.48. The van der Waals surface area contributed by atoms with Crippen LogP contribution in [0.5, 0.6) is 11.5 Å². The van der Waals surface area contributed by atoms with Crippen molar-refractivity contribution < 1.29 is 14.3 Å². The Balaban J connectivity index is 1.67. The zero-order chi connectivity index (χ0) is 16.5. The molecule has 0 radical (unpaired) electrons. The van der Waals surface area contributed by atoms with Gasteiger partial charge in [0, 0.05) is 0 Å². The number of benzene rings is 2. The van der Waals surface area contributed by atoms with E-state index in [1.54, 1.807) is 0 Å². The van der Waals surface area contributed by atoms with Gasteiger partial charge in [-0.2, -0.15) is 0 Å². The fraction of sp³-hybridized carbons (Fsp3) is 0.316. The highest BCUT2D eigenvalue weighted by Crippen LogP contribution is 2.12. The van der Waals surface area contributed by atoms with Gasteiger partial charge in [0.15, 0.2) is 0 Å². The number of amides is 1. The third kappa shape index (κ3) is 6.02. The van der Waals surface area contributed by atoms with Crippen LogP contribution in [0.15, 0.2) is 48.5 Å². The summed E-state index contributed by atoms with van der Waals surface area (Å²) in [7, 11) is 0. The maximum atomic E-state index is 11.9. The van der Waals surface area contributed by atoms with Crippen LogP contribution in [0.4, 0.5) is 0 Å². The average molecular weight is 313 g/mol. The van der Waals surface area contributed by atoms with Gasteiger partial charge >= 0.3 is 0 Å². The molecule has 0 atom stereocenters. The van der Waals surface area contributed by atoms with Gasteiger partial charge < -0.3 is 14.8 Å². The van der Waals surface area contributed by atoms with Crippen LogP contribution < -0.4 is 14.8 Å². The minimum absolute atomic E-state index is 0.0123. The van der Waals surface area contributed by atoms with Crippen molar-refractivity contribution in [2.45, 2.75) is 20.3 Å². The molecular formula is C19H23NO3. The van der Waals surface area contributed by atoms with Gasteiger partial charge in [-0.25, -0.2) is 0 Å². The lowest BCUT2D eigenvalue weighted by Crippen LogP contribution is -2.29. The lowest BCUT2D eigenvalue weighted by atomic mass is 10.1. The summed E-state index contributed by atoms with van der Waals surface area (Å²) in [5.41, 5.74) is 2.16. The number of aryl methyl sites for hydroxylation is 1. The molecule has 1 N–H and O–H groups in total. The van der Waals surface area contributed by atoms with E-state index in [0.29, 0.717) is 26.2 Å². The fourth-order valence-electron chi connectivity index (χ4n) is 2.11. The van der Waals surface area contributed by atoms with Crippen LogP contribution in [0.3, 0.4) is 0 Å². The molecule has 23 heavy (non-hydrogen) atoms. The standard InChI is InChI=1S/C19H23NO3/c1-3-22-17-10-6-16(7-11-17)14-19(21)20-12-13-23-18-8-4-15(2)5-9-18/h4-11H,3,12-14H2,1-2H3,(H,20,21). The molecule has 4 heteroatoms. The Morgan fingerprint density at radius 2 is 1.57 bits per heavy atom. The maximum absolute atomic E-state index is 11.9. The van der Waals surface area contributed by atoms with Crippen molar-refractivity contribution in [2.24, 2.45) is 0 Å². The van der Waals surface area contributed by atoms with E-state index in [0.717, 1.165) is 17.1 Å². The molecular weight excluding hydrogens is 290 g/mol. The van der Waals surface area contributed by atoms with Crippen molar-refractivity contribution in [2.75, 3.05) is 19.8 Å². The number of hydrogen-bond donors (Lipinski definition) is 1. The second-order valence-electron chi connectivity index (χ2n) is 5.27. The van der Waals surface area contributed by atoms with Crippen LogP contribution in [0.2, 0.25) is 0 Å². The van der Waals surface area contributed by atoms with E-state index in [1.807, 2.05) is 62.4 Å². The molecule has 0 unspecified atom stereocenters. The topological polar surface area (TPSA) is 47.6 Å². The van der Waals surface area contributed by atoms with Crippen molar-refractivity contribution >= 4 is 5.91 Å². The molecule has 0 aromatic heterocycles. The SMILES string of the molecule is CCOc1ccc(CC(=O)NCCOc2ccc(C)cc2)cc1. The molecule has 122 valence electrons. The highest BCUT2D eigenvalue weighted by Gasteiger charge is 2.03. The van der Waals surface area contributed by atoms with Crippen LogP contribution in [0, 0.1) is 6.92 Å². The summed E-state index contributed by atoms with van der Waals surface area (Å²) in [6.45, 7) is 5.56. The number of nitrogens with one attached hydrogen (secondary N) is 1. The van der Waals surface area contributed by atoms with E-state index < -0.39 is 0 Å². The summed E-state index contributed by atoms with van der Waals surface area (Å²) in [4.78, 5) is 11.9. The predicted octanol–water partition coefficient (Wildman–Crippen LogP) is 3.13. The number of hydrogen-bond acceptors (Lipinski definition) is 3. The minimum Gasteiger partial charge on any atom is -0.494 e. The number of rotatable bonds is 8. The van der Waals surface area contributed by atoms with Gasteiger partial charge in [-0.05, 0) is 43.7 Å². The Bertz CT molecular complexity index is 606. The van der Waals surface area contributed by atoms with Crippen molar-refractivity contribution in [3.05, 3.63) is 59.7 Å². The van der Waals surface area contributed by atoms with Crippen molar-refractivity contribution in [1.82, 2.24) is 5.32 Å². The van der Waals surface area contributed by atoms with Crippen molar-refractivity contribution in [3.63, 3.8) is 0 Å². The fourth-order valence-corrected chi connectivity index (χ4v) is 2.11.